The van der Waals surface area contributed by atoms with Gasteiger partial charge in [-0.2, -0.15) is 0 Å². The summed E-state index contributed by atoms with van der Waals surface area (Å²) in [5.74, 6) is -0.424. The molecular weight excluding hydrogens is 329 g/mol. The summed E-state index contributed by atoms with van der Waals surface area (Å²) in [5, 5.41) is 0.667. The predicted octanol–water partition coefficient (Wildman–Crippen LogP) is 2.49. The van der Waals surface area contributed by atoms with Crippen molar-refractivity contribution in [2.45, 2.75) is 6.42 Å². The van der Waals surface area contributed by atoms with Crippen molar-refractivity contribution >= 4 is 46.8 Å². The Morgan fingerprint density at radius 2 is 1.91 bits per heavy atom. The summed E-state index contributed by atoms with van der Waals surface area (Å²) in [5.41, 5.74) is 0.295. The number of imide groups is 1. The van der Waals surface area contributed by atoms with Gasteiger partial charge in [-0.1, -0.05) is 23.2 Å². The maximum Gasteiger partial charge on any atom is 0.331 e. The molecular formula is C14H13Cl2N3O3. The molecule has 1 aliphatic heterocycles. The summed E-state index contributed by atoms with van der Waals surface area (Å²) in [6.45, 7) is -0.203. The zero-order valence-corrected chi connectivity index (χ0v) is 13.5. The van der Waals surface area contributed by atoms with Gasteiger partial charge in [0.1, 0.15) is 12.4 Å². The van der Waals surface area contributed by atoms with Crippen LogP contribution in [0.3, 0.4) is 0 Å². The Kier molecular flexibility index (Phi) is 4.83. The lowest BCUT2D eigenvalue weighted by Crippen LogP contribution is -2.51. The minimum Gasteiger partial charge on any atom is -0.292 e. The van der Waals surface area contributed by atoms with E-state index < -0.39 is 6.03 Å². The average molecular weight is 342 g/mol. The summed E-state index contributed by atoms with van der Waals surface area (Å²) in [6, 6.07) is 4.06. The van der Waals surface area contributed by atoms with E-state index in [4.69, 9.17) is 23.2 Å². The molecule has 0 atom stereocenters. The van der Waals surface area contributed by atoms with Crippen molar-refractivity contribution in [1.29, 1.82) is 0 Å². The molecule has 0 saturated carbocycles. The molecule has 0 unspecified atom stereocenters. The second-order valence-electron chi connectivity index (χ2n) is 4.75. The second kappa shape index (κ2) is 6.46. The lowest BCUT2D eigenvalue weighted by atomic mass is 10.1. The first-order chi connectivity index (χ1) is 10.3. The van der Waals surface area contributed by atoms with Crippen LogP contribution in [-0.4, -0.2) is 54.0 Å². The number of halogens is 2. The summed E-state index contributed by atoms with van der Waals surface area (Å²) in [4.78, 5) is 41.9. The highest BCUT2D eigenvalue weighted by atomic mass is 35.5. The number of ketones is 1. The Morgan fingerprint density at radius 1 is 1.23 bits per heavy atom. The van der Waals surface area contributed by atoms with Crippen molar-refractivity contribution in [3.63, 3.8) is 0 Å². The summed E-state index contributed by atoms with van der Waals surface area (Å²) < 4.78 is 0. The van der Waals surface area contributed by atoms with Gasteiger partial charge in [0, 0.05) is 24.7 Å². The van der Waals surface area contributed by atoms with Crippen molar-refractivity contribution in [3.8, 4) is 0 Å². The minimum absolute atomic E-state index is 0.0274. The van der Waals surface area contributed by atoms with Gasteiger partial charge in [0.05, 0.1) is 11.4 Å². The van der Waals surface area contributed by atoms with Crippen molar-refractivity contribution in [3.05, 3.63) is 33.8 Å². The number of hydrogen-bond donors (Lipinski definition) is 0. The first-order valence-electron chi connectivity index (χ1n) is 6.37. The molecule has 0 aliphatic carbocycles. The predicted molar refractivity (Wildman–Crippen MR) is 83.6 cm³/mol. The molecule has 1 saturated heterocycles. The van der Waals surface area contributed by atoms with Crippen LogP contribution < -0.4 is 0 Å². The molecule has 0 bridgehead atoms. The van der Waals surface area contributed by atoms with E-state index in [-0.39, 0.29) is 35.5 Å². The van der Waals surface area contributed by atoms with E-state index in [9.17, 15) is 14.4 Å². The van der Waals surface area contributed by atoms with Crippen LogP contribution in [0.25, 0.3) is 0 Å². The fourth-order valence-corrected chi connectivity index (χ4v) is 2.45. The van der Waals surface area contributed by atoms with Crippen molar-refractivity contribution in [2.75, 3.05) is 20.6 Å². The van der Waals surface area contributed by atoms with Crippen LogP contribution in [-0.2, 0) is 4.79 Å². The fourth-order valence-electron chi connectivity index (χ4n) is 1.94. The smallest absolute Gasteiger partial charge is 0.292 e. The third-order valence-corrected chi connectivity index (χ3v) is 3.83. The molecule has 22 heavy (non-hydrogen) atoms. The van der Waals surface area contributed by atoms with Gasteiger partial charge in [0.15, 0.2) is 5.78 Å². The van der Waals surface area contributed by atoms with Crippen molar-refractivity contribution in [1.82, 2.24) is 9.80 Å². The summed E-state index contributed by atoms with van der Waals surface area (Å²) in [7, 11) is 2.90. The number of carbonyl (C=O) groups excluding carboxylic acids is 3. The number of benzene rings is 1. The van der Waals surface area contributed by atoms with Gasteiger partial charge in [0.25, 0.3) is 0 Å². The molecule has 0 radical (unpaired) electrons. The first-order valence-corrected chi connectivity index (χ1v) is 7.12. The van der Waals surface area contributed by atoms with E-state index in [1.165, 1.54) is 31.1 Å². The van der Waals surface area contributed by atoms with E-state index in [1.54, 1.807) is 6.07 Å². The monoisotopic (exact) mass is 341 g/mol. The van der Waals surface area contributed by atoms with E-state index in [0.717, 1.165) is 4.90 Å². The first kappa shape index (κ1) is 16.5. The standard InChI is InChI=1S/C14H13Cl2N3O3/c1-18-12(6-13(21)19(2)14(18)22)17-7-11(20)9-4-3-8(15)5-10(9)16/h3-5H,6-7H2,1-2H3. The lowest BCUT2D eigenvalue weighted by molar-refractivity contribution is -0.127. The number of rotatable bonds is 3. The molecule has 0 aromatic heterocycles. The third kappa shape index (κ3) is 3.28. The molecule has 8 heteroatoms. The van der Waals surface area contributed by atoms with Crippen LogP contribution in [0.1, 0.15) is 16.8 Å². The highest BCUT2D eigenvalue weighted by molar-refractivity contribution is 6.37. The Hall–Kier alpha value is -1.92. The molecule has 1 fully saturated rings. The number of urea groups is 1. The van der Waals surface area contributed by atoms with Crippen LogP contribution in [0.5, 0.6) is 0 Å². The minimum atomic E-state index is -0.480. The molecule has 3 amide bonds. The maximum atomic E-state index is 12.1. The molecule has 6 nitrogen and oxygen atoms in total. The van der Waals surface area contributed by atoms with Crippen LogP contribution in [0.4, 0.5) is 4.79 Å². The molecule has 1 heterocycles. The molecule has 116 valence electrons. The van der Waals surface area contributed by atoms with E-state index in [1.807, 2.05) is 0 Å². The topological polar surface area (TPSA) is 70.1 Å². The lowest BCUT2D eigenvalue weighted by Gasteiger charge is -2.30. The number of amides is 3. The van der Waals surface area contributed by atoms with E-state index >= 15 is 0 Å². The van der Waals surface area contributed by atoms with Gasteiger partial charge < -0.3 is 0 Å². The zero-order chi connectivity index (χ0) is 16.4. The number of hydrogen-bond acceptors (Lipinski definition) is 4. The zero-order valence-electron chi connectivity index (χ0n) is 12.0. The SMILES string of the molecule is CN1C(=O)CC(=NCC(=O)c2ccc(Cl)cc2Cl)N(C)C1=O. The number of amidine groups is 1. The number of aliphatic imine (C=N–C) groups is 1. The van der Waals surface area contributed by atoms with E-state index in [2.05, 4.69) is 4.99 Å². The number of nitrogens with zero attached hydrogens (tertiary/aromatic N) is 3. The Morgan fingerprint density at radius 3 is 2.55 bits per heavy atom. The Balaban J connectivity index is 2.15. The van der Waals surface area contributed by atoms with Gasteiger partial charge in [-0.3, -0.25) is 24.4 Å². The van der Waals surface area contributed by atoms with Gasteiger partial charge in [-0.15, -0.1) is 0 Å². The molecule has 1 aromatic rings. The quantitative estimate of drug-likeness (QED) is 0.793. The maximum absolute atomic E-state index is 12.1. The molecule has 2 rings (SSSR count). The van der Waals surface area contributed by atoms with Gasteiger partial charge in [0.2, 0.25) is 5.91 Å². The second-order valence-corrected chi connectivity index (χ2v) is 5.59. The van der Waals surface area contributed by atoms with Crippen LogP contribution in [0.15, 0.2) is 23.2 Å². The molecule has 1 aliphatic rings. The normalized spacial score (nSPS) is 17.4. The summed E-state index contributed by atoms with van der Waals surface area (Å²) >= 11 is 11.7. The third-order valence-electron chi connectivity index (χ3n) is 3.28. The van der Waals surface area contributed by atoms with Crippen LogP contribution in [0.2, 0.25) is 10.0 Å². The van der Waals surface area contributed by atoms with E-state index in [0.29, 0.717) is 10.6 Å². The molecule has 1 aromatic carbocycles. The van der Waals surface area contributed by atoms with Crippen molar-refractivity contribution in [2.24, 2.45) is 4.99 Å². The van der Waals surface area contributed by atoms with Gasteiger partial charge in [-0.25, -0.2) is 4.79 Å². The Labute approximate surface area is 137 Å². The summed E-state index contributed by atoms with van der Waals surface area (Å²) in [6.07, 6.45) is -0.0274. The Bertz CT molecular complexity index is 688. The molecule has 0 spiro atoms. The molecule has 0 N–H and O–H groups in total. The number of Topliss-reactive ketones (excluding diaryl/α,β-unsaturated/α-hetero) is 1. The van der Waals surface area contributed by atoms with Crippen molar-refractivity contribution < 1.29 is 14.4 Å². The van der Waals surface area contributed by atoms with Gasteiger partial charge >= 0.3 is 6.03 Å². The largest absolute Gasteiger partial charge is 0.331 e. The highest BCUT2D eigenvalue weighted by Crippen LogP contribution is 2.21. The number of carbonyl (C=O) groups is 3. The van der Waals surface area contributed by atoms with Gasteiger partial charge in [-0.05, 0) is 18.2 Å². The highest BCUT2D eigenvalue weighted by Gasteiger charge is 2.31. The van der Waals surface area contributed by atoms with Crippen LogP contribution >= 0.6 is 23.2 Å². The van der Waals surface area contributed by atoms with Crippen LogP contribution in [0, 0.1) is 0 Å². The fraction of sp³-hybridized carbons (Fsp3) is 0.286. The average Bonchev–Trinajstić information content (AvgIpc) is 2.47.